The van der Waals surface area contributed by atoms with Crippen LogP contribution in [0.25, 0.3) is 0 Å². The highest BCUT2D eigenvalue weighted by Gasteiger charge is 2.27. The third-order valence-corrected chi connectivity index (χ3v) is 14.7. The van der Waals surface area contributed by atoms with Gasteiger partial charge < -0.3 is 18.9 Å². The molecule has 0 aliphatic heterocycles. The van der Waals surface area contributed by atoms with Gasteiger partial charge in [-0.15, -0.1) is 0 Å². The van der Waals surface area contributed by atoms with Crippen molar-refractivity contribution < 1.29 is 42.1 Å². The molecule has 1 N–H and O–H groups in total. The number of quaternary nitrogens is 1. The molecule has 0 bridgehead atoms. The monoisotopic (exact) mass is 1280 g/mol. The van der Waals surface area contributed by atoms with E-state index >= 15 is 0 Å². The highest BCUT2D eigenvalue weighted by molar-refractivity contribution is 7.47. The van der Waals surface area contributed by atoms with Gasteiger partial charge in [-0.2, -0.15) is 0 Å². The number of allylic oxidation sites excluding steroid dienone is 38. The van der Waals surface area contributed by atoms with Crippen molar-refractivity contribution >= 4 is 19.8 Å². The molecule has 0 aliphatic rings. The van der Waals surface area contributed by atoms with Gasteiger partial charge in [0.1, 0.15) is 19.8 Å². The van der Waals surface area contributed by atoms with Crippen LogP contribution in [-0.4, -0.2) is 74.9 Å². The molecule has 0 aromatic rings. The number of nitrogens with zero attached hydrogens (tertiary/aromatic N) is 1. The van der Waals surface area contributed by atoms with Crippen LogP contribution in [0.15, 0.2) is 231 Å². The van der Waals surface area contributed by atoms with Crippen molar-refractivity contribution in [1.29, 1.82) is 0 Å². The van der Waals surface area contributed by atoms with Gasteiger partial charge in [-0.25, -0.2) is 4.57 Å². The molecule has 0 spiro atoms. The van der Waals surface area contributed by atoms with Crippen molar-refractivity contribution in [1.82, 2.24) is 0 Å². The average molecular weight is 1290 g/mol. The van der Waals surface area contributed by atoms with Crippen molar-refractivity contribution in [3.05, 3.63) is 231 Å². The van der Waals surface area contributed by atoms with Crippen LogP contribution in [0.4, 0.5) is 0 Å². The third-order valence-electron chi connectivity index (χ3n) is 13.7. The summed E-state index contributed by atoms with van der Waals surface area (Å²) >= 11 is 0. The minimum absolute atomic E-state index is 0.00903. The average Bonchev–Trinajstić information content (AvgIpc) is 2.14. The molecule has 9 nitrogen and oxygen atoms in total. The lowest BCUT2D eigenvalue weighted by atomic mass is 10.1. The van der Waals surface area contributed by atoms with E-state index in [0.717, 1.165) is 180 Å². The molecule has 92 heavy (non-hydrogen) atoms. The van der Waals surface area contributed by atoms with E-state index < -0.39 is 32.5 Å². The van der Waals surface area contributed by atoms with Crippen LogP contribution in [0.1, 0.15) is 219 Å². The standard InChI is InChI=1S/C82H126NO8P/c1-6-8-10-12-14-16-18-20-22-24-26-28-30-32-34-36-37-38-39-40-41-42-43-44-45-47-49-51-53-55-57-59-61-63-65-67-69-71-73-75-82(85)91-80(79-90-92(86,87)89-77-76-83(3,4)5)78-88-81(84)74-72-70-68-66-64-62-60-58-56-54-52-50-48-46-35-33-31-29-27-25-23-21-19-17-15-13-11-9-7-2/h8-11,14-17,20-23,26-29,32-35,37-38,40-41,43-44,47-50,53-56,59-62,80H,6-7,12-13,18-19,24-25,30-31,36,39,42,45-46,51-52,57-58,63-79H2,1-5H3/p+1/b10-8-,11-9-,16-14-,17-15-,22-20-,23-21-,28-26-,29-27-,34-32-,35-33-,38-37-,41-40-,44-43-,49-47-,50-48-,55-53-,56-54-,61-59-,62-60-. The number of carbonyl (C=O) groups excluding carboxylic acids is 2. The van der Waals surface area contributed by atoms with E-state index in [1.54, 1.807) is 0 Å². The zero-order valence-electron chi connectivity index (χ0n) is 58.2. The lowest BCUT2D eigenvalue weighted by molar-refractivity contribution is -0.870. The largest absolute Gasteiger partial charge is 0.472 e. The second-order valence-electron chi connectivity index (χ2n) is 23.4. The smallest absolute Gasteiger partial charge is 0.462 e. The molecule has 10 heteroatoms. The van der Waals surface area contributed by atoms with E-state index in [4.69, 9.17) is 18.5 Å². The van der Waals surface area contributed by atoms with Gasteiger partial charge >= 0.3 is 19.8 Å². The van der Waals surface area contributed by atoms with Gasteiger partial charge in [0.15, 0.2) is 6.10 Å². The fourth-order valence-electron chi connectivity index (χ4n) is 8.39. The van der Waals surface area contributed by atoms with Crippen LogP contribution in [0.3, 0.4) is 0 Å². The first kappa shape index (κ1) is 86.1. The van der Waals surface area contributed by atoms with Crippen molar-refractivity contribution in [3.8, 4) is 0 Å². The molecule has 0 radical (unpaired) electrons. The predicted octanol–water partition coefficient (Wildman–Crippen LogP) is 23.4. The number of phosphoric ester groups is 1. The molecular formula is C82H127NO8P+. The SMILES string of the molecule is CC/C=C\C/C=C\C/C=C\C/C=C\C/C=C\C/C=C\C/C=C\C/C=C\C/C=C\C/C=C\C/C=C\CCCCCCCC(=O)OC(COC(=O)CCCCCC/C=C\C/C=C\C/C=C\C/C=C\C/C=C\C/C=C\C/C=C\C/C=C\CC)COP(=O)(O)OCC[N+](C)(C)C. The van der Waals surface area contributed by atoms with Crippen LogP contribution >= 0.6 is 7.82 Å². The summed E-state index contributed by atoms with van der Waals surface area (Å²) in [5.41, 5.74) is 0. The summed E-state index contributed by atoms with van der Waals surface area (Å²) in [5, 5.41) is 0. The molecule has 0 saturated carbocycles. The number of likely N-dealkylation sites (N-methyl/N-ethyl adjacent to an activating group) is 1. The van der Waals surface area contributed by atoms with Crippen molar-refractivity contribution in [3.63, 3.8) is 0 Å². The molecule has 2 unspecified atom stereocenters. The van der Waals surface area contributed by atoms with Gasteiger partial charge in [0.05, 0.1) is 27.7 Å². The van der Waals surface area contributed by atoms with Gasteiger partial charge in [-0.1, -0.05) is 277 Å². The Balaban J connectivity index is 4.26. The maximum atomic E-state index is 12.9. The molecule has 0 rings (SSSR count). The first-order valence-corrected chi connectivity index (χ1v) is 36.6. The molecule has 0 heterocycles. The van der Waals surface area contributed by atoms with E-state index in [-0.39, 0.29) is 26.1 Å². The number of carbonyl (C=O) groups is 2. The maximum Gasteiger partial charge on any atom is 0.472 e. The van der Waals surface area contributed by atoms with Gasteiger partial charge in [0.2, 0.25) is 0 Å². The van der Waals surface area contributed by atoms with Crippen LogP contribution < -0.4 is 0 Å². The van der Waals surface area contributed by atoms with E-state index in [9.17, 15) is 19.0 Å². The van der Waals surface area contributed by atoms with Gasteiger partial charge in [-0.05, 0) is 161 Å². The zero-order chi connectivity index (χ0) is 66.9. The number of rotatable bonds is 61. The number of esters is 2. The van der Waals surface area contributed by atoms with E-state index in [1.807, 2.05) is 21.1 Å². The Morgan fingerprint density at radius 3 is 0.870 bits per heavy atom. The van der Waals surface area contributed by atoms with Crippen molar-refractivity contribution in [2.45, 2.75) is 225 Å². The molecule has 0 fully saturated rings. The summed E-state index contributed by atoms with van der Waals surface area (Å²) in [7, 11) is 1.41. The first-order chi connectivity index (χ1) is 45.0. The lowest BCUT2D eigenvalue weighted by Crippen LogP contribution is -2.37. The quantitative estimate of drug-likeness (QED) is 0.0211. The second-order valence-corrected chi connectivity index (χ2v) is 24.9. The molecule has 0 aromatic heterocycles. The molecule has 2 atom stereocenters. The van der Waals surface area contributed by atoms with Crippen molar-refractivity contribution in [2.75, 3.05) is 47.5 Å². The minimum Gasteiger partial charge on any atom is -0.462 e. The van der Waals surface area contributed by atoms with Crippen LogP contribution in [0.2, 0.25) is 0 Å². The number of hydrogen-bond acceptors (Lipinski definition) is 7. The number of hydrogen-bond donors (Lipinski definition) is 1. The molecule has 0 amide bonds. The lowest BCUT2D eigenvalue weighted by Gasteiger charge is -2.24. The van der Waals surface area contributed by atoms with E-state index in [1.165, 1.54) is 0 Å². The summed E-state index contributed by atoms with van der Waals surface area (Å²) in [6, 6.07) is 0. The molecule has 0 aliphatic carbocycles. The summed E-state index contributed by atoms with van der Waals surface area (Å²) in [6.07, 6.45) is 113. The van der Waals surface area contributed by atoms with E-state index in [0.29, 0.717) is 23.9 Å². The second kappa shape index (κ2) is 69.4. The minimum atomic E-state index is -4.42. The molecule has 0 saturated heterocycles. The Morgan fingerprint density at radius 2 is 0.587 bits per heavy atom. The highest BCUT2D eigenvalue weighted by Crippen LogP contribution is 2.43. The maximum absolute atomic E-state index is 12.9. The summed E-state index contributed by atoms with van der Waals surface area (Å²) < 4.78 is 34.6. The number of unbranched alkanes of at least 4 members (excludes halogenated alkanes) is 9. The van der Waals surface area contributed by atoms with Crippen molar-refractivity contribution in [2.24, 2.45) is 0 Å². The van der Waals surface area contributed by atoms with Gasteiger partial charge in [0.25, 0.3) is 0 Å². The summed E-state index contributed by atoms with van der Waals surface area (Å²) in [5.74, 6) is -0.870. The van der Waals surface area contributed by atoms with Crippen LogP contribution in [0.5, 0.6) is 0 Å². The van der Waals surface area contributed by atoms with Crippen LogP contribution in [-0.2, 0) is 32.7 Å². The molecular weight excluding hydrogens is 1160 g/mol. The number of phosphoric acid groups is 1. The fourth-order valence-corrected chi connectivity index (χ4v) is 9.13. The normalized spacial score (nSPS) is 14.5. The van der Waals surface area contributed by atoms with E-state index in [2.05, 4.69) is 245 Å². The Bertz CT molecular complexity index is 2400. The predicted molar refractivity (Wildman–Crippen MR) is 398 cm³/mol. The Morgan fingerprint density at radius 1 is 0.337 bits per heavy atom. The zero-order valence-corrected chi connectivity index (χ0v) is 59.1. The van der Waals surface area contributed by atoms with Gasteiger partial charge in [-0.3, -0.25) is 18.6 Å². The summed E-state index contributed by atoms with van der Waals surface area (Å²) in [4.78, 5) is 35.9. The van der Waals surface area contributed by atoms with Gasteiger partial charge in [0, 0.05) is 12.8 Å². The molecule has 0 aromatic carbocycles. The van der Waals surface area contributed by atoms with Crippen LogP contribution in [0, 0.1) is 0 Å². The summed E-state index contributed by atoms with van der Waals surface area (Å²) in [6.45, 7) is 4.11. The Hall–Kier alpha value is -5.93. The Labute approximate surface area is 562 Å². The first-order valence-electron chi connectivity index (χ1n) is 35.1. The third kappa shape index (κ3) is 73.1. The fraction of sp³-hybridized carbons (Fsp3) is 0.512. The highest BCUT2D eigenvalue weighted by atomic mass is 31.2. The topological polar surface area (TPSA) is 108 Å². The number of ether oxygens (including phenoxy) is 2. The Kier molecular flexibility index (Phi) is 64.9. The molecule has 512 valence electrons.